The summed E-state index contributed by atoms with van der Waals surface area (Å²) in [6.07, 6.45) is 0.900. The number of halogens is 1. The maximum Gasteiger partial charge on any atom is 0.231 e. The molecule has 0 aliphatic carbocycles. The molecule has 0 bridgehead atoms. The van der Waals surface area contributed by atoms with Gasteiger partial charge in [0.05, 0.1) is 0 Å². The molecule has 136 valence electrons. The number of guanidine groups is 1. The van der Waals surface area contributed by atoms with Crippen molar-refractivity contribution >= 4 is 41.3 Å². The van der Waals surface area contributed by atoms with E-state index in [1.807, 2.05) is 12.1 Å². The van der Waals surface area contributed by atoms with Crippen molar-refractivity contribution in [1.82, 2.24) is 10.6 Å². The van der Waals surface area contributed by atoms with Gasteiger partial charge in [0.2, 0.25) is 6.79 Å². The quantitative estimate of drug-likeness (QED) is 0.383. The van der Waals surface area contributed by atoms with E-state index in [4.69, 9.17) is 9.47 Å². The van der Waals surface area contributed by atoms with Gasteiger partial charge in [-0.3, -0.25) is 4.99 Å². The highest BCUT2D eigenvalue weighted by Gasteiger charge is 2.13. The number of hydrogen-bond donors (Lipinski definition) is 2. The summed E-state index contributed by atoms with van der Waals surface area (Å²) < 4.78 is 10.7. The first-order valence-electron chi connectivity index (χ1n) is 8.11. The van der Waals surface area contributed by atoms with E-state index in [9.17, 15) is 0 Å². The van der Waals surface area contributed by atoms with Gasteiger partial charge in [-0.05, 0) is 52.4 Å². The van der Waals surface area contributed by atoms with Crippen LogP contribution in [-0.4, -0.2) is 32.9 Å². The Labute approximate surface area is 169 Å². The number of thiophene rings is 1. The van der Waals surface area contributed by atoms with Crippen LogP contribution in [-0.2, 0) is 6.42 Å². The van der Waals surface area contributed by atoms with Crippen molar-refractivity contribution in [3.63, 3.8) is 0 Å². The van der Waals surface area contributed by atoms with Crippen LogP contribution in [0, 0.1) is 0 Å². The number of aliphatic imine (C=N–C) groups is 1. The highest BCUT2D eigenvalue weighted by molar-refractivity contribution is 14.0. The second-order valence-electron chi connectivity index (χ2n) is 5.78. The summed E-state index contributed by atoms with van der Waals surface area (Å²) in [7, 11) is 1.80. The van der Waals surface area contributed by atoms with Crippen LogP contribution in [0.5, 0.6) is 11.5 Å². The molecule has 7 heteroatoms. The monoisotopic (exact) mass is 473 g/mol. The van der Waals surface area contributed by atoms with Crippen LogP contribution in [0.3, 0.4) is 0 Å². The molecule has 0 fully saturated rings. The Morgan fingerprint density at radius 1 is 1.24 bits per heavy atom. The van der Waals surface area contributed by atoms with E-state index in [0.29, 0.717) is 12.7 Å². The highest BCUT2D eigenvalue weighted by atomic mass is 127. The topological polar surface area (TPSA) is 54.9 Å². The number of ether oxygens (including phenoxy) is 2. The van der Waals surface area contributed by atoms with Crippen LogP contribution >= 0.6 is 35.3 Å². The lowest BCUT2D eigenvalue weighted by Crippen LogP contribution is -2.39. The molecule has 2 N–H and O–H groups in total. The van der Waals surface area contributed by atoms with Gasteiger partial charge in [-0.1, -0.05) is 13.0 Å². The predicted octanol–water partition coefficient (Wildman–Crippen LogP) is 3.61. The molecule has 0 saturated carbocycles. The average Bonchev–Trinajstić information content (AvgIpc) is 3.28. The van der Waals surface area contributed by atoms with Crippen LogP contribution in [0.2, 0.25) is 0 Å². The summed E-state index contributed by atoms with van der Waals surface area (Å²) in [4.78, 5) is 4.28. The number of hydrogen-bond acceptors (Lipinski definition) is 4. The zero-order valence-corrected chi connectivity index (χ0v) is 17.6. The van der Waals surface area contributed by atoms with E-state index >= 15 is 0 Å². The Morgan fingerprint density at radius 3 is 2.84 bits per heavy atom. The Kier molecular flexibility index (Phi) is 7.83. The maximum absolute atomic E-state index is 5.41. The van der Waals surface area contributed by atoms with E-state index in [1.54, 1.807) is 18.4 Å². The Morgan fingerprint density at radius 2 is 2.08 bits per heavy atom. The van der Waals surface area contributed by atoms with Gasteiger partial charge in [-0.2, -0.15) is 11.3 Å². The minimum absolute atomic E-state index is 0. The van der Waals surface area contributed by atoms with E-state index in [-0.39, 0.29) is 24.0 Å². The van der Waals surface area contributed by atoms with Gasteiger partial charge < -0.3 is 20.1 Å². The van der Waals surface area contributed by atoms with E-state index in [2.05, 4.69) is 45.4 Å². The molecular weight excluding hydrogens is 449 g/mol. The van der Waals surface area contributed by atoms with Crippen LogP contribution in [0.15, 0.2) is 40.0 Å². The molecule has 5 nitrogen and oxygen atoms in total. The molecule has 3 rings (SSSR count). The Balaban J connectivity index is 0.00000225. The molecule has 1 aliphatic heterocycles. The van der Waals surface area contributed by atoms with Gasteiger partial charge in [0, 0.05) is 20.1 Å². The molecule has 2 heterocycles. The van der Waals surface area contributed by atoms with Gasteiger partial charge in [-0.15, -0.1) is 24.0 Å². The fraction of sp³-hybridized carbons (Fsp3) is 0.389. The SMILES string of the molecule is CN=C(NCCc1ccc2c(c1)OCO2)NCC(C)c1ccsc1.I. The molecule has 1 unspecified atom stereocenters. The minimum atomic E-state index is 0. The fourth-order valence-corrected chi connectivity index (χ4v) is 3.35. The molecule has 1 aromatic carbocycles. The van der Waals surface area contributed by atoms with Gasteiger partial charge in [0.1, 0.15) is 0 Å². The summed E-state index contributed by atoms with van der Waals surface area (Å²) in [5, 5.41) is 11.1. The normalized spacial score (nSPS) is 13.9. The summed E-state index contributed by atoms with van der Waals surface area (Å²) >= 11 is 1.74. The fourth-order valence-electron chi connectivity index (χ4n) is 2.57. The molecule has 0 saturated heterocycles. The first-order valence-corrected chi connectivity index (χ1v) is 9.05. The van der Waals surface area contributed by atoms with Crippen molar-refractivity contribution in [3.05, 3.63) is 46.2 Å². The molecule has 0 spiro atoms. The van der Waals surface area contributed by atoms with Crippen molar-refractivity contribution in [2.24, 2.45) is 4.99 Å². The lowest BCUT2D eigenvalue weighted by molar-refractivity contribution is 0.174. The highest BCUT2D eigenvalue weighted by Crippen LogP contribution is 2.32. The second kappa shape index (κ2) is 9.86. The van der Waals surface area contributed by atoms with Gasteiger partial charge in [0.15, 0.2) is 17.5 Å². The molecule has 2 aromatic rings. The van der Waals surface area contributed by atoms with E-state index in [1.165, 1.54) is 11.1 Å². The predicted molar refractivity (Wildman–Crippen MR) is 114 cm³/mol. The molecule has 1 aliphatic rings. The van der Waals surface area contributed by atoms with Crippen molar-refractivity contribution in [3.8, 4) is 11.5 Å². The first-order chi connectivity index (χ1) is 11.8. The van der Waals surface area contributed by atoms with Crippen molar-refractivity contribution < 1.29 is 9.47 Å². The number of nitrogens with one attached hydrogen (secondary N) is 2. The zero-order valence-electron chi connectivity index (χ0n) is 14.5. The van der Waals surface area contributed by atoms with Crippen LogP contribution in [0.25, 0.3) is 0 Å². The second-order valence-corrected chi connectivity index (χ2v) is 6.56. The standard InChI is InChI=1S/C18H23N3O2S.HI/c1-13(15-6-8-24-11-15)10-21-18(19-2)20-7-5-14-3-4-16-17(9-14)23-12-22-16;/h3-4,6,8-9,11,13H,5,7,10,12H2,1-2H3,(H2,19,20,21);1H. The third kappa shape index (κ3) is 5.50. The van der Waals surface area contributed by atoms with Gasteiger partial charge >= 0.3 is 0 Å². The van der Waals surface area contributed by atoms with Crippen molar-refractivity contribution in [1.29, 1.82) is 0 Å². The smallest absolute Gasteiger partial charge is 0.231 e. The lowest BCUT2D eigenvalue weighted by atomic mass is 10.1. The number of rotatable bonds is 6. The molecule has 1 aromatic heterocycles. The van der Waals surface area contributed by atoms with Crippen molar-refractivity contribution in [2.75, 3.05) is 26.9 Å². The van der Waals surface area contributed by atoms with E-state index in [0.717, 1.165) is 37.0 Å². The third-order valence-corrected chi connectivity index (χ3v) is 4.76. The molecular formula is C18H24IN3O2S. The van der Waals surface area contributed by atoms with Gasteiger partial charge in [0.25, 0.3) is 0 Å². The zero-order chi connectivity index (χ0) is 16.8. The Bertz CT molecular complexity index is 692. The summed E-state index contributed by atoms with van der Waals surface area (Å²) in [6, 6.07) is 8.25. The maximum atomic E-state index is 5.41. The summed E-state index contributed by atoms with van der Waals surface area (Å²) in [5.74, 6) is 2.95. The molecule has 25 heavy (non-hydrogen) atoms. The number of benzene rings is 1. The van der Waals surface area contributed by atoms with Crippen LogP contribution < -0.4 is 20.1 Å². The first kappa shape index (κ1) is 19.8. The molecule has 0 amide bonds. The number of nitrogens with zero attached hydrogens (tertiary/aromatic N) is 1. The lowest BCUT2D eigenvalue weighted by Gasteiger charge is -2.15. The van der Waals surface area contributed by atoms with Crippen LogP contribution in [0.1, 0.15) is 24.0 Å². The largest absolute Gasteiger partial charge is 0.454 e. The van der Waals surface area contributed by atoms with Gasteiger partial charge in [-0.25, -0.2) is 0 Å². The van der Waals surface area contributed by atoms with E-state index < -0.39 is 0 Å². The molecule has 0 radical (unpaired) electrons. The van der Waals surface area contributed by atoms with Crippen molar-refractivity contribution in [2.45, 2.75) is 19.3 Å². The minimum Gasteiger partial charge on any atom is -0.454 e. The van der Waals surface area contributed by atoms with Crippen LogP contribution in [0.4, 0.5) is 0 Å². The third-order valence-electron chi connectivity index (χ3n) is 4.05. The summed E-state index contributed by atoms with van der Waals surface area (Å²) in [6.45, 7) is 4.21. The average molecular weight is 473 g/mol. The Hall–Kier alpha value is -1.48. The molecule has 1 atom stereocenters. The number of fused-ring (bicyclic) bond motifs is 1. The summed E-state index contributed by atoms with van der Waals surface area (Å²) in [5.41, 5.74) is 2.58.